The molecule has 0 heterocycles. The topological polar surface area (TPSA) is 20.2 Å². The quantitative estimate of drug-likeness (QED) is 0.753. The van der Waals surface area contributed by atoms with E-state index in [1.54, 1.807) is 24.3 Å². The molecule has 1 rings (SSSR count). The molecule has 0 amide bonds. The second-order valence-corrected chi connectivity index (χ2v) is 1.34. The van der Waals surface area contributed by atoms with Crippen molar-refractivity contribution in [1.29, 1.82) is 0 Å². The summed E-state index contributed by atoms with van der Waals surface area (Å²) in [6, 6.07) is 8.71. The average Bonchev–Trinajstić information content (AvgIpc) is 1.69. The summed E-state index contributed by atoms with van der Waals surface area (Å²) >= 11 is 0. The number of phenolic OH excluding ortho intramolecular Hbond substituents is 1. The molecule has 0 radical (unpaired) electrons. The van der Waals surface area contributed by atoms with Crippen molar-refractivity contribution in [1.82, 2.24) is 0 Å². The fraction of sp³-hybridized carbons (Fsp3) is 0. The van der Waals surface area contributed by atoms with Crippen molar-refractivity contribution in [3.63, 3.8) is 0 Å². The predicted molar refractivity (Wildman–Crippen MR) is 28.1 cm³/mol. The van der Waals surface area contributed by atoms with Gasteiger partial charge in [0.05, 0.1) is 0 Å². The Morgan fingerprint density at radius 2 is 1.50 bits per heavy atom. The largest absolute Gasteiger partial charge is 0.508 e. The first-order valence-electron chi connectivity index (χ1n) is 2.13. The van der Waals surface area contributed by atoms with Gasteiger partial charge in [-0.3, -0.25) is 0 Å². The molecule has 0 atom stereocenters. The molecule has 1 aromatic carbocycles. The van der Waals surface area contributed by atoms with Gasteiger partial charge in [-0.05, 0) is 12.1 Å². The SMILES string of the molecule is Oc1ccccc1.[Yb]. The van der Waals surface area contributed by atoms with Gasteiger partial charge in [0.2, 0.25) is 0 Å². The van der Waals surface area contributed by atoms with Crippen molar-refractivity contribution >= 4 is 0 Å². The van der Waals surface area contributed by atoms with Gasteiger partial charge in [0, 0.05) is 46.9 Å². The molecule has 1 nitrogen and oxygen atoms in total. The van der Waals surface area contributed by atoms with Gasteiger partial charge in [-0.2, -0.15) is 0 Å². The standard InChI is InChI=1S/C6H6O.Yb/c7-6-4-2-1-3-5-6;/h1-5,7H;. The van der Waals surface area contributed by atoms with E-state index in [1.807, 2.05) is 6.07 Å². The van der Waals surface area contributed by atoms with Crippen LogP contribution in [0.15, 0.2) is 30.3 Å². The van der Waals surface area contributed by atoms with Gasteiger partial charge in [-0.1, -0.05) is 18.2 Å². The number of rotatable bonds is 0. The first-order chi connectivity index (χ1) is 3.39. The van der Waals surface area contributed by atoms with E-state index in [-0.39, 0.29) is 46.9 Å². The summed E-state index contributed by atoms with van der Waals surface area (Å²) in [6.07, 6.45) is 0. The maximum absolute atomic E-state index is 8.63. The van der Waals surface area contributed by atoms with Crippen LogP contribution in [0.1, 0.15) is 0 Å². The molecule has 1 aromatic rings. The maximum Gasteiger partial charge on any atom is 0.115 e. The number of hydrogen-bond donors (Lipinski definition) is 1. The molecule has 0 aliphatic carbocycles. The Bertz CT molecular complexity index is 138. The number of hydrogen-bond acceptors (Lipinski definition) is 1. The Hall–Kier alpha value is 0.539. The third-order valence-electron chi connectivity index (χ3n) is 0.756. The molecule has 8 heavy (non-hydrogen) atoms. The third kappa shape index (κ3) is 2.75. The molecule has 0 fully saturated rings. The fourth-order valence-electron chi connectivity index (χ4n) is 0.428. The monoisotopic (exact) mass is 268 g/mol. The van der Waals surface area contributed by atoms with Crippen LogP contribution in [-0.4, -0.2) is 5.11 Å². The molecule has 0 unspecified atom stereocenters. The Morgan fingerprint density at radius 1 is 1.00 bits per heavy atom. The summed E-state index contributed by atoms with van der Waals surface area (Å²) in [7, 11) is 0. The number of phenols is 1. The summed E-state index contributed by atoms with van der Waals surface area (Å²) < 4.78 is 0. The molecule has 50 valence electrons. The van der Waals surface area contributed by atoms with E-state index >= 15 is 0 Å². The van der Waals surface area contributed by atoms with Gasteiger partial charge in [0.25, 0.3) is 0 Å². The molecule has 2 heteroatoms. The van der Waals surface area contributed by atoms with Gasteiger partial charge in [-0.25, -0.2) is 0 Å². The van der Waals surface area contributed by atoms with Crippen molar-refractivity contribution in [2.45, 2.75) is 0 Å². The number of aromatic hydroxyl groups is 1. The predicted octanol–water partition coefficient (Wildman–Crippen LogP) is 1.39. The first-order valence-corrected chi connectivity index (χ1v) is 2.13. The van der Waals surface area contributed by atoms with E-state index in [0.717, 1.165) is 0 Å². The van der Waals surface area contributed by atoms with E-state index in [9.17, 15) is 0 Å². The molecule has 0 bridgehead atoms. The van der Waals surface area contributed by atoms with Crippen LogP contribution in [0.4, 0.5) is 0 Å². The number of benzene rings is 1. The molecule has 0 spiro atoms. The Kier molecular flexibility index (Phi) is 4.72. The van der Waals surface area contributed by atoms with Gasteiger partial charge < -0.3 is 5.11 Å². The van der Waals surface area contributed by atoms with Crippen LogP contribution in [0, 0.1) is 46.9 Å². The first kappa shape index (κ1) is 8.54. The summed E-state index contributed by atoms with van der Waals surface area (Å²) in [5.74, 6) is 0.322. The summed E-state index contributed by atoms with van der Waals surface area (Å²) in [5, 5.41) is 8.63. The maximum atomic E-state index is 8.63. The average molecular weight is 267 g/mol. The van der Waals surface area contributed by atoms with Crippen LogP contribution in [0.25, 0.3) is 0 Å². The second kappa shape index (κ2) is 4.42. The van der Waals surface area contributed by atoms with E-state index < -0.39 is 0 Å². The summed E-state index contributed by atoms with van der Waals surface area (Å²) in [6.45, 7) is 0. The molecular formula is C6H6OYb. The van der Waals surface area contributed by atoms with Gasteiger partial charge in [-0.15, -0.1) is 0 Å². The smallest absolute Gasteiger partial charge is 0.115 e. The molecular weight excluding hydrogens is 261 g/mol. The molecule has 0 aliphatic heterocycles. The van der Waals surface area contributed by atoms with Crippen molar-refractivity contribution in [2.75, 3.05) is 0 Å². The van der Waals surface area contributed by atoms with E-state index in [2.05, 4.69) is 0 Å². The van der Waals surface area contributed by atoms with Crippen molar-refractivity contribution < 1.29 is 52.0 Å². The van der Waals surface area contributed by atoms with Gasteiger partial charge >= 0.3 is 0 Å². The van der Waals surface area contributed by atoms with Crippen LogP contribution < -0.4 is 0 Å². The van der Waals surface area contributed by atoms with Crippen LogP contribution in [-0.2, 0) is 0 Å². The summed E-state index contributed by atoms with van der Waals surface area (Å²) in [5.41, 5.74) is 0. The van der Waals surface area contributed by atoms with E-state index in [4.69, 9.17) is 5.11 Å². The van der Waals surface area contributed by atoms with Crippen molar-refractivity contribution in [2.24, 2.45) is 0 Å². The zero-order chi connectivity index (χ0) is 5.11. The Labute approximate surface area is 87.0 Å². The van der Waals surface area contributed by atoms with Crippen LogP contribution in [0.3, 0.4) is 0 Å². The van der Waals surface area contributed by atoms with Crippen LogP contribution >= 0.6 is 0 Å². The molecule has 0 saturated carbocycles. The van der Waals surface area contributed by atoms with Crippen molar-refractivity contribution in [3.8, 4) is 5.75 Å². The van der Waals surface area contributed by atoms with E-state index in [1.165, 1.54) is 0 Å². The minimum Gasteiger partial charge on any atom is -0.508 e. The van der Waals surface area contributed by atoms with Crippen molar-refractivity contribution in [3.05, 3.63) is 30.3 Å². The molecule has 0 aliphatic rings. The molecule has 1 N–H and O–H groups in total. The van der Waals surface area contributed by atoms with Crippen LogP contribution in [0.5, 0.6) is 5.75 Å². The van der Waals surface area contributed by atoms with Gasteiger partial charge in [0.1, 0.15) is 5.75 Å². The zero-order valence-corrected chi connectivity index (χ0v) is 5.82. The Balaban J connectivity index is 0.000000490. The Morgan fingerprint density at radius 3 is 1.75 bits per heavy atom. The van der Waals surface area contributed by atoms with Gasteiger partial charge in [0.15, 0.2) is 0 Å². The fourth-order valence-corrected chi connectivity index (χ4v) is 0.428. The van der Waals surface area contributed by atoms with Crippen LogP contribution in [0.2, 0.25) is 0 Å². The second-order valence-electron chi connectivity index (χ2n) is 1.34. The minimum absolute atomic E-state index is 0. The minimum atomic E-state index is 0. The third-order valence-corrected chi connectivity index (χ3v) is 0.756. The molecule has 0 aromatic heterocycles. The summed E-state index contributed by atoms with van der Waals surface area (Å²) in [4.78, 5) is 0. The molecule has 0 saturated heterocycles. The normalized spacial score (nSPS) is 7.50. The number of para-hydroxylation sites is 1. The van der Waals surface area contributed by atoms with E-state index in [0.29, 0.717) is 5.75 Å². The zero-order valence-electron chi connectivity index (χ0n) is 4.10.